The molecule has 0 radical (unpaired) electrons. The van der Waals surface area contributed by atoms with E-state index >= 15 is 0 Å². The number of hydrogen-bond donors (Lipinski definition) is 0. The molecular weight excluding hydrogens is 250 g/mol. The number of aromatic nitrogens is 1. The first-order valence-corrected chi connectivity index (χ1v) is 7.49. The minimum absolute atomic E-state index is 0.742. The molecule has 0 unspecified atom stereocenters. The number of benzene rings is 1. The molecule has 0 aliphatic carbocycles. The van der Waals surface area contributed by atoms with E-state index in [2.05, 4.69) is 18.8 Å². The molecule has 0 spiro atoms. The molecule has 0 amide bonds. The van der Waals surface area contributed by atoms with Crippen LogP contribution >= 0.6 is 0 Å². The third-order valence-electron chi connectivity index (χ3n) is 3.17. The first kappa shape index (κ1) is 14.6. The Morgan fingerprint density at radius 2 is 1.75 bits per heavy atom. The molecule has 3 nitrogen and oxygen atoms in total. The summed E-state index contributed by atoms with van der Waals surface area (Å²) in [4.78, 5) is 4.49. The predicted octanol–water partition coefficient (Wildman–Crippen LogP) is 4.59. The van der Waals surface area contributed by atoms with E-state index < -0.39 is 0 Å². The van der Waals surface area contributed by atoms with Crippen LogP contribution in [0.5, 0.6) is 11.5 Å². The van der Waals surface area contributed by atoms with Gasteiger partial charge in [0.05, 0.1) is 19.4 Å². The summed E-state index contributed by atoms with van der Waals surface area (Å²) in [6.45, 7) is 5.80. The van der Waals surface area contributed by atoms with Crippen LogP contribution < -0.4 is 9.47 Å². The second-order valence-corrected chi connectivity index (χ2v) is 4.90. The molecule has 0 bridgehead atoms. The average Bonchev–Trinajstić information content (AvgIpc) is 2.48. The van der Waals surface area contributed by atoms with Crippen LogP contribution in [0.2, 0.25) is 0 Å². The Morgan fingerprint density at radius 1 is 1.00 bits per heavy atom. The Balaban J connectivity index is 2.13. The van der Waals surface area contributed by atoms with Crippen molar-refractivity contribution in [2.45, 2.75) is 39.5 Å². The normalized spacial score (nSPS) is 10.7. The number of para-hydroxylation sites is 1. The van der Waals surface area contributed by atoms with Crippen molar-refractivity contribution in [1.29, 1.82) is 0 Å². The summed E-state index contributed by atoms with van der Waals surface area (Å²) in [5.41, 5.74) is 0.909. The lowest BCUT2D eigenvalue weighted by atomic mass is 10.2. The van der Waals surface area contributed by atoms with Crippen LogP contribution in [0, 0.1) is 0 Å². The van der Waals surface area contributed by atoms with Gasteiger partial charge in [0.25, 0.3) is 0 Å². The zero-order valence-corrected chi connectivity index (χ0v) is 12.4. The van der Waals surface area contributed by atoms with Gasteiger partial charge in [-0.1, -0.05) is 38.8 Å². The van der Waals surface area contributed by atoms with Gasteiger partial charge in [-0.3, -0.25) is 0 Å². The monoisotopic (exact) mass is 273 g/mol. The molecule has 2 aromatic rings. The summed E-state index contributed by atoms with van der Waals surface area (Å²) in [6.07, 6.45) is 6.18. The highest BCUT2D eigenvalue weighted by atomic mass is 16.5. The van der Waals surface area contributed by atoms with Gasteiger partial charge in [-0.05, 0) is 25.0 Å². The second kappa shape index (κ2) is 7.73. The highest BCUT2D eigenvalue weighted by Crippen LogP contribution is 2.26. The van der Waals surface area contributed by atoms with Gasteiger partial charge in [0, 0.05) is 5.39 Å². The average molecular weight is 273 g/mol. The van der Waals surface area contributed by atoms with Crippen LogP contribution in [0.1, 0.15) is 39.5 Å². The Morgan fingerprint density at radius 3 is 2.50 bits per heavy atom. The number of unbranched alkanes of at least 4 members (excludes halogenated alkanes) is 2. The smallest absolute Gasteiger partial charge is 0.145 e. The number of ether oxygens (including phenoxy) is 2. The minimum Gasteiger partial charge on any atom is -0.492 e. The number of rotatable bonds is 8. The highest BCUT2D eigenvalue weighted by molar-refractivity contribution is 5.85. The van der Waals surface area contributed by atoms with Crippen molar-refractivity contribution >= 4 is 10.9 Å². The summed E-state index contributed by atoms with van der Waals surface area (Å²) < 4.78 is 11.5. The third kappa shape index (κ3) is 3.86. The first-order valence-electron chi connectivity index (χ1n) is 7.49. The van der Waals surface area contributed by atoms with Gasteiger partial charge in [-0.15, -0.1) is 0 Å². The van der Waals surface area contributed by atoms with Crippen molar-refractivity contribution in [2.75, 3.05) is 13.2 Å². The summed E-state index contributed by atoms with van der Waals surface area (Å²) in [6, 6.07) is 8.05. The van der Waals surface area contributed by atoms with Crippen molar-refractivity contribution in [3.8, 4) is 11.5 Å². The lowest BCUT2D eigenvalue weighted by Gasteiger charge is -2.10. The lowest BCUT2D eigenvalue weighted by molar-refractivity contribution is 0.307. The Labute approximate surface area is 120 Å². The molecule has 1 heterocycles. The van der Waals surface area contributed by atoms with Gasteiger partial charge < -0.3 is 9.47 Å². The van der Waals surface area contributed by atoms with Crippen molar-refractivity contribution in [3.05, 3.63) is 30.5 Å². The Kier molecular flexibility index (Phi) is 5.66. The van der Waals surface area contributed by atoms with E-state index in [1.807, 2.05) is 24.3 Å². The zero-order chi connectivity index (χ0) is 14.2. The van der Waals surface area contributed by atoms with Gasteiger partial charge in [-0.25, -0.2) is 4.98 Å². The third-order valence-corrected chi connectivity index (χ3v) is 3.17. The van der Waals surface area contributed by atoms with Gasteiger partial charge in [-0.2, -0.15) is 0 Å². The van der Waals surface area contributed by atoms with Crippen molar-refractivity contribution in [2.24, 2.45) is 0 Å². The molecule has 0 atom stereocenters. The summed E-state index contributed by atoms with van der Waals surface area (Å²) in [7, 11) is 0. The maximum atomic E-state index is 5.79. The van der Waals surface area contributed by atoms with E-state index in [4.69, 9.17) is 9.47 Å². The summed E-state index contributed by atoms with van der Waals surface area (Å²) in [5, 5.41) is 1.06. The van der Waals surface area contributed by atoms with Crippen molar-refractivity contribution < 1.29 is 9.47 Å². The van der Waals surface area contributed by atoms with Gasteiger partial charge in [0.15, 0.2) is 0 Å². The largest absolute Gasteiger partial charge is 0.492 e. The van der Waals surface area contributed by atoms with Crippen LogP contribution in [0.15, 0.2) is 30.5 Å². The molecule has 3 heteroatoms. The quantitative estimate of drug-likeness (QED) is 0.659. The van der Waals surface area contributed by atoms with Gasteiger partial charge >= 0.3 is 0 Å². The van der Waals surface area contributed by atoms with Crippen LogP contribution in [0.3, 0.4) is 0 Å². The number of nitrogens with zero attached hydrogens (tertiary/aromatic N) is 1. The molecular formula is C17H23NO2. The minimum atomic E-state index is 0.742. The van der Waals surface area contributed by atoms with E-state index in [9.17, 15) is 0 Å². The molecule has 0 aliphatic heterocycles. The molecule has 20 heavy (non-hydrogen) atoms. The fourth-order valence-corrected chi connectivity index (χ4v) is 1.97. The molecule has 0 fully saturated rings. The van der Waals surface area contributed by atoms with E-state index in [0.717, 1.165) is 61.3 Å². The molecule has 2 rings (SSSR count). The second-order valence-electron chi connectivity index (χ2n) is 4.90. The fraction of sp³-hybridized carbons (Fsp3) is 0.471. The fourth-order valence-electron chi connectivity index (χ4n) is 1.97. The maximum Gasteiger partial charge on any atom is 0.145 e. The molecule has 0 N–H and O–H groups in total. The van der Waals surface area contributed by atoms with E-state index in [0.29, 0.717) is 0 Å². The standard InChI is InChI=1S/C17H23NO2/c1-3-5-10-19-15-12-14-8-7-9-16(17(14)18-13-15)20-11-6-4-2/h7-9,12-13H,3-6,10-11H2,1-2H3. The number of hydrogen-bond acceptors (Lipinski definition) is 3. The SMILES string of the molecule is CCCCOc1cnc2c(OCCCC)cccc2c1. The van der Waals surface area contributed by atoms with Crippen LogP contribution in [0.4, 0.5) is 0 Å². The topological polar surface area (TPSA) is 31.4 Å². The van der Waals surface area contributed by atoms with E-state index in [1.165, 1.54) is 0 Å². The van der Waals surface area contributed by atoms with E-state index in [1.54, 1.807) is 6.20 Å². The van der Waals surface area contributed by atoms with Gasteiger partial charge in [0.2, 0.25) is 0 Å². The van der Waals surface area contributed by atoms with Crippen molar-refractivity contribution in [3.63, 3.8) is 0 Å². The number of fused-ring (bicyclic) bond motifs is 1. The molecule has 1 aromatic carbocycles. The maximum absolute atomic E-state index is 5.79. The predicted molar refractivity (Wildman–Crippen MR) is 82.5 cm³/mol. The van der Waals surface area contributed by atoms with Crippen molar-refractivity contribution in [1.82, 2.24) is 4.98 Å². The van der Waals surface area contributed by atoms with Crippen LogP contribution in [-0.4, -0.2) is 18.2 Å². The molecule has 0 saturated heterocycles. The summed E-state index contributed by atoms with van der Waals surface area (Å²) in [5.74, 6) is 1.69. The molecule has 0 aliphatic rings. The Bertz CT molecular complexity index is 540. The Hall–Kier alpha value is -1.77. The zero-order valence-electron chi connectivity index (χ0n) is 12.4. The lowest BCUT2D eigenvalue weighted by Crippen LogP contribution is -1.99. The molecule has 1 aromatic heterocycles. The van der Waals surface area contributed by atoms with E-state index in [-0.39, 0.29) is 0 Å². The van der Waals surface area contributed by atoms with Crippen LogP contribution in [-0.2, 0) is 0 Å². The van der Waals surface area contributed by atoms with Gasteiger partial charge in [0.1, 0.15) is 17.0 Å². The van der Waals surface area contributed by atoms with Crippen LogP contribution in [0.25, 0.3) is 10.9 Å². The highest BCUT2D eigenvalue weighted by Gasteiger charge is 2.05. The molecule has 0 saturated carbocycles. The first-order chi connectivity index (χ1) is 9.85. The summed E-state index contributed by atoms with van der Waals surface area (Å²) >= 11 is 0. The molecule has 108 valence electrons. The number of pyridine rings is 1.